The summed E-state index contributed by atoms with van der Waals surface area (Å²) in [5, 5.41) is 3.21. The van der Waals surface area contributed by atoms with Gasteiger partial charge in [-0.3, -0.25) is 0 Å². The maximum absolute atomic E-state index is 13.0. The van der Waals surface area contributed by atoms with Gasteiger partial charge in [0.1, 0.15) is 0 Å². The first-order chi connectivity index (χ1) is 8.46. The fourth-order valence-corrected chi connectivity index (χ4v) is 2.25. The van der Waals surface area contributed by atoms with Gasteiger partial charge in [0, 0.05) is 13.1 Å². The van der Waals surface area contributed by atoms with Crippen LogP contribution in [0, 0.1) is 11.6 Å². The molecule has 100 valence electrons. The number of halogens is 2. The van der Waals surface area contributed by atoms with Crippen molar-refractivity contribution in [1.29, 1.82) is 0 Å². The number of rotatable bonds is 4. The summed E-state index contributed by atoms with van der Waals surface area (Å²) in [5.41, 5.74) is 0.708. The zero-order chi connectivity index (χ0) is 13.2. The lowest BCUT2D eigenvalue weighted by Crippen LogP contribution is -2.29. The third-order valence-electron chi connectivity index (χ3n) is 3.24. The summed E-state index contributed by atoms with van der Waals surface area (Å²) < 4.78 is 31.6. The quantitative estimate of drug-likeness (QED) is 0.893. The standard InChI is InChI=1S/C14H19F2NO/c1-14(2)6-5-11(18-14)9-17-8-10-3-4-12(15)13(16)7-10/h3-4,7,11,17H,5-6,8-9H2,1-2H3. The molecule has 1 atom stereocenters. The Balaban J connectivity index is 1.77. The van der Waals surface area contributed by atoms with Crippen molar-refractivity contribution in [2.75, 3.05) is 6.54 Å². The van der Waals surface area contributed by atoms with Gasteiger partial charge >= 0.3 is 0 Å². The van der Waals surface area contributed by atoms with Gasteiger partial charge in [0.15, 0.2) is 11.6 Å². The van der Waals surface area contributed by atoms with E-state index in [-0.39, 0.29) is 11.7 Å². The van der Waals surface area contributed by atoms with Gasteiger partial charge < -0.3 is 10.1 Å². The lowest BCUT2D eigenvalue weighted by Gasteiger charge is -2.19. The van der Waals surface area contributed by atoms with Crippen molar-refractivity contribution >= 4 is 0 Å². The molecular formula is C14H19F2NO. The Kier molecular flexibility index (Phi) is 3.97. The summed E-state index contributed by atoms with van der Waals surface area (Å²) in [6, 6.07) is 3.97. The molecule has 2 rings (SSSR count). The summed E-state index contributed by atoms with van der Waals surface area (Å²) in [5.74, 6) is -1.60. The smallest absolute Gasteiger partial charge is 0.159 e. The van der Waals surface area contributed by atoms with Gasteiger partial charge in [-0.15, -0.1) is 0 Å². The van der Waals surface area contributed by atoms with E-state index in [1.54, 1.807) is 6.07 Å². The maximum atomic E-state index is 13.0. The summed E-state index contributed by atoms with van der Waals surface area (Å²) in [6.07, 6.45) is 2.31. The second-order valence-corrected chi connectivity index (χ2v) is 5.42. The first-order valence-corrected chi connectivity index (χ1v) is 6.29. The fourth-order valence-electron chi connectivity index (χ4n) is 2.25. The molecule has 1 saturated heterocycles. The first-order valence-electron chi connectivity index (χ1n) is 6.29. The Bertz CT molecular complexity index is 420. The van der Waals surface area contributed by atoms with E-state index in [0.29, 0.717) is 6.54 Å². The number of ether oxygens (including phenoxy) is 1. The summed E-state index contributed by atoms with van der Waals surface area (Å²) in [7, 11) is 0. The zero-order valence-corrected chi connectivity index (χ0v) is 10.8. The van der Waals surface area contributed by atoms with E-state index in [2.05, 4.69) is 19.2 Å². The highest BCUT2D eigenvalue weighted by Crippen LogP contribution is 2.28. The lowest BCUT2D eigenvalue weighted by molar-refractivity contribution is -0.0142. The molecule has 1 aromatic carbocycles. The predicted octanol–water partition coefficient (Wildman–Crippen LogP) is 3.01. The third kappa shape index (κ3) is 3.50. The number of nitrogens with one attached hydrogen (secondary N) is 1. The molecule has 1 heterocycles. The topological polar surface area (TPSA) is 21.3 Å². The number of hydrogen-bond donors (Lipinski definition) is 1. The molecule has 4 heteroatoms. The van der Waals surface area contributed by atoms with Gasteiger partial charge in [0.05, 0.1) is 11.7 Å². The molecule has 2 nitrogen and oxygen atoms in total. The van der Waals surface area contributed by atoms with Gasteiger partial charge in [-0.05, 0) is 44.4 Å². The Morgan fingerprint density at radius 3 is 2.72 bits per heavy atom. The predicted molar refractivity (Wildman–Crippen MR) is 66.3 cm³/mol. The maximum Gasteiger partial charge on any atom is 0.159 e. The highest BCUT2D eigenvalue weighted by Gasteiger charge is 2.31. The highest BCUT2D eigenvalue weighted by atomic mass is 19.2. The van der Waals surface area contributed by atoms with Crippen molar-refractivity contribution < 1.29 is 13.5 Å². The molecule has 0 bridgehead atoms. The molecule has 0 aliphatic carbocycles. The van der Waals surface area contributed by atoms with Crippen LogP contribution in [0.3, 0.4) is 0 Å². The van der Waals surface area contributed by atoms with E-state index in [0.717, 1.165) is 31.0 Å². The van der Waals surface area contributed by atoms with Crippen molar-refractivity contribution in [3.63, 3.8) is 0 Å². The van der Waals surface area contributed by atoms with Crippen LogP contribution in [0.15, 0.2) is 18.2 Å². The molecule has 0 radical (unpaired) electrons. The molecule has 0 aromatic heterocycles. The molecule has 0 amide bonds. The Hall–Kier alpha value is -1.00. The summed E-state index contributed by atoms with van der Waals surface area (Å²) >= 11 is 0. The molecule has 1 unspecified atom stereocenters. The molecular weight excluding hydrogens is 236 g/mol. The van der Waals surface area contributed by atoms with E-state index >= 15 is 0 Å². The highest BCUT2D eigenvalue weighted by molar-refractivity contribution is 5.17. The average molecular weight is 255 g/mol. The lowest BCUT2D eigenvalue weighted by atomic mass is 10.1. The van der Waals surface area contributed by atoms with Crippen molar-refractivity contribution in [2.45, 2.75) is 44.9 Å². The second-order valence-electron chi connectivity index (χ2n) is 5.42. The molecule has 1 N–H and O–H groups in total. The zero-order valence-electron chi connectivity index (χ0n) is 10.8. The van der Waals surface area contributed by atoms with Crippen LogP contribution < -0.4 is 5.32 Å². The van der Waals surface area contributed by atoms with E-state index in [1.165, 1.54) is 6.07 Å². The summed E-state index contributed by atoms with van der Waals surface area (Å²) in [4.78, 5) is 0. The minimum atomic E-state index is -0.806. The van der Waals surface area contributed by atoms with E-state index in [4.69, 9.17) is 4.74 Å². The van der Waals surface area contributed by atoms with Crippen LogP contribution >= 0.6 is 0 Å². The van der Waals surface area contributed by atoms with Crippen molar-refractivity contribution in [2.24, 2.45) is 0 Å². The normalized spacial score (nSPS) is 22.3. The van der Waals surface area contributed by atoms with Crippen molar-refractivity contribution in [3.05, 3.63) is 35.4 Å². The van der Waals surface area contributed by atoms with Crippen LogP contribution in [0.5, 0.6) is 0 Å². The van der Waals surface area contributed by atoms with Crippen molar-refractivity contribution in [1.82, 2.24) is 5.32 Å². The van der Waals surface area contributed by atoms with Gasteiger partial charge in [0.25, 0.3) is 0 Å². The van der Waals surface area contributed by atoms with E-state index in [1.807, 2.05) is 0 Å². The second kappa shape index (κ2) is 5.33. The first kappa shape index (κ1) is 13.4. The Morgan fingerprint density at radius 2 is 2.11 bits per heavy atom. The molecule has 18 heavy (non-hydrogen) atoms. The molecule has 1 aliphatic rings. The minimum Gasteiger partial charge on any atom is -0.371 e. The molecule has 0 spiro atoms. The van der Waals surface area contributed by atoms with Crippen LogP contribution in [0.1, 0.15) is 32.3 Å². The van der Waals surface area contributed by atoms with E-state index in [9.17, 15) is 8.78 Å². The summed E-state index contributed by atoms with van der Waals surface area (Å²) in [6.45, 7) is 5.44. The van der Waals surface area contributed by atoms with Crippen LogP contribution in [-0.4, -0.2) is 18.2 Å². The monoisotopic (exact) mass is 255 g/mol. The molecule has 1 fully saturated rings. The Labute approximate surface area is 106 Å². The largest absolute Gasteiger partial charge is 0.371 e. The van der Waals surface area contributed by atoms with Gasteiger partial charge in [-0.1, -0.05) is 6.07 Å². The SMILES string of the molecule is CC1(C)CCC(CNCc2ccc(F)c(F)c2)O1. The molecule has 0 saturated carbocycles. The van der Waals surface area contributed by atoms with Crippen LogP contribution in [0.2, 0.25) is 0 Å². The number of hydrogen-bond acceptors (Lipinski definition) is 2. The van der Waals surface area contributed by atoms with Crippen LogP contribution in [-0.2, 0) is 11.3 Å². The fraction of sp³-hybridized carbons (Fsp3) is 0.571. The van der Waals surface area contributed by atoms with Crippen molar-refractivity contribution in [3.8, 4) is 0 Å². The number of benzene rings is 1. The Morgan fingerprint density at radius 1 is 1.33 bits per heavy atom. The molecule has 1 aromatic rings. The van der Waals surface area contributed by atoms with Crippen LogP contribution in [0.25, 0.3) is 0 Å². The molecule has 1 aliphatic heterocycles. The van der Waals surface area contributed by atoms with Gasteiger partial charge in [-0.25, -0.2) is 8.78 Å². The average Bonchev–Trinajstić information content (AvgIpc) is 2.63. The third-order valence-corrected chi connectivity index (χ3v) is 3.24. The van der Waals surface area contributed by atoms with E-state index < -0.39 is 11.6 Å². The van der Waals surface area contributed by atoms with Gasteiger partial charge in [-0.2, -0.15) is 0 Å². The van der Waals surface area contributed by atoms with Crippen LogP contribution in [0.4, 0.5) is 8.78 Å². The minimum absolute atomic E-state index is 0.0334. The van der Waals surface area contributed by atoms with Gasteiger partial charge in [0.2, 0.25) is 0 Å².